The number of aromatic nitrogens is 2. The second-order valence-corrected chi connectivity index (χ2v) is 6.92. The van der Waals surface area contributed by atoms with Crippen molar-refractivity contribution >= 4 is 11.9 Å². The van der Waals surface area contributed by atoms with Crippen LogP contribution in [-0.4, -0.2) is 33.1 Å². The van der Waals surface area contributed by atoms with Crippen molar-refractivity contribution < 1.29 is 14.3 Å². The van der Waals surface area contributed by atoms with E-state index in [-0.39, 0.29) is 18.9 Å². The highest BCUT2D eigenvalue weighted by Crippen LogP contribution is 2.23. The van der Waals surface area contributed by atoms with Crippen LogP contribution in [0.2, 0.25) is 0 Å². The summed E-state index contributed by atoms with van der Waals surface area (Å²) in [5, 5.41) is 4.37. The van der Waals surface area contributed by atoms with E-state index in [1.54, 1.807) is 10.9 Å². The van der Waals surface area contributed by atoms with Gasteiger partial charge in [-0.1, -0.05) is 60.7 Å². The summed E-state index contributed by atoms with van der Waals surface area (Å²) in [5.41, 5.74) is 2.83. The zero-order chi connectivity index (χ0) is 20.1. The van der Waals surface area contributed by atoms with Crippen molar-refractivity contribution in [2.45, 2.75) is 19.1 Å². The van der Waals surface area contributed by atoms with Gasteiger partial charge in [0, 0.05) is 24.5 Å². The Morgan fingerprint density at radius 1 is 1.03 bits per heavy atom. The summed E-state index contributed by atoms with van der Waals surface area (Å²) >= 11 is 0. The Labute approximate surface area is 169 Å². The van der Waals surface area contributed by atoms with E-state index in [0.717, 1.165) is 16.7 Å². The molecule has 29 heavy (non-hydrogen) atoms. The molecular formula is C23H21N3O3. The molecule has 4 rings (SSSR count). The number of nitrogens with zero attached hydrogens (tertiary/aromatic N) is 3. The number of ketones is 1. The van der Waals surface area contributed by atoms with E-state index in [1.807, 2.05) is 66.9 Å². The average Bonchev–Trinajstić information content (AvgIpc) is 3.22. The lowest BCUT2D eigenvalue weighted by atomic mass is 9.95. The van der Waals surface area contributed by atoms with Gasteiger partial charge >= 0.3 is 6.09 Å². The topological polar surface area (TPSA) is 64.4 Å². The average molecular weight is 387 g/mol. The quantitative estimate of drug-likeness (QED) is 0.669. The Morgan fingerprint density at radius 2 is 1.72 bits per heavy atom. The molecule has 0 spiro atoms. The van der Waals surface area contributed by atoms with Crippen LogP contribution in [0.4, 0.5) is 4.79 Å². The third-order valence-corrected chi connectivity index (χ3v) is 4.82. The number of hydrogen-bond donors (Lipinski definition) is 0. The Balaban J connectivity index is 1.40. The lowest BCUT2D eigenvalue weighted by molar-refractivity contribution is -0.116. The van der Waals surface area contributed by atoms with Crippen LogP contribution in [0.5, 0.6) is 0 Å². The number of hydrogen-bond acceptors (Lipinski definition) is 4. The highest BCUT2D eigenvalue weighted by molar-refractivity contribution is 5.97. The molecule has 0 saturated heterocycles. The molecule has 1 amide bonds. The molecule has 0 N–H and O–H groups in total. The number of amides is 1. The molecule has 1 aliphatic heterocycles. The molecule has 2 aromatic carbocycles. The maximum Gasteiger partial charge on any atom is 0.414 e. The SMILES string of the molecule is O=C1C=CN(C(=O)OCc2ccccc2)CC1c1cnn(Cc2ccccc2)c1. The van der Waals surface area contributed by atoms with Crippen molar-refractivity contribution in [2.24, 2.45) is 0 Å². The molecule has 2 heterocycles. The van der Waals surface area contributed by atoms with Gasteiger partial charge in [-0.3, -0.25) is 14.4 Å². The fourth-order valence-corrected chi connectivity index (χ4v) is 3.25. The summed E-state index contributed by atoms with van der Waals surface area (Å²) in [6, 6.07) is 19.5. The second-order valence-electron chi connectivity index (χ2n) is 6.92. The largest absolute Gasteiger partial charge is 0.444 e. The molecule has 3 aromatic rings. The Bertz CT molecular complexity index is 1010. The summed E-state index contributed by atoms with van der Waals surface area (Å²) in [7, 11) is 0. The first-order chi connectivity index (χ1) is 14.2. The normalized spacial score (nSPS) is 16.1. The van der Waals surface area contributed by atoms with Gasteiger partial charge in [0.25, 0.3) is 0 Å². The molecule has 1 atom stereocenters. The van der Waals surface area contributed by atoms with Crippen molar-refractivity contribution in [3.63, 3.8) is 0 Å². The molecular weight excluding hydrogens is 366 g/mol. The van der Waals surface area contributed by atoms with Gasteiger partial charge in [0.15, 0.2) is 5.78 Å². The summed E-state index contributed by atoms with van der Waals surface area (Å²) in [5.74, 6) is -0.495. The van der Waals surface area contributed by atoms with E-state index >= 15 is 0 Å². The Kier molecular flexibility index (Phi) is 5.52. The molecule has 0 aliphatic carbocycles. The van der Waals surface area contributed by atoms with Crippen molar-refractivity contribution in [2.75, 3.05) is 6.54 Å². The van der Waals surface area contributed by atoms with E-state index in [4.69, 9.17) is 4.74 Å². The first kappa shape index (κ1) is 18.7. The Morgan fingerprint density at radius 3 is 2.45 bits per heavy atom. The molecule has 146 valence electrons. The maximum atomic E-state index is 12.4. The van der Waals surface area contributed by atoms with Crippen molar-refractivity contribution in [1.29, 1.82) is 0 Å². The molecule has 1 aromatic heterocycles. The smallest absolute Gasteiger partial charge is 0.414 e. The van der Waals surface area contributed by atoms with E-state index in [2.05, 4.69) is 5.10 Å². The van der Waals surface area contributed by atoms with Gasteiger partial charge in [0.1, 0.15) is 6.61 Å². The van der Waals surface area contributed by atoms with Crippen LogP contribution >= 0.6 is 0 Å². The number of benzene rings is 2. The van der Waals surface area contributed by atoms with Crippen molar-refractivity contribution in [3.8, 4) is 0 Å². The molecule has 1 aliphatic rings. The van der Waals surface area contributed by atoms with Gasteiger partial charge in [-0.05, 0) is 17.2 Å². The van der Waals surface area contributed by atoms with Crippen LogP contribution in [0.15, 0.2) is 85.3 Å². The molecule has 1 unspecified atom stereocenters. The summed E-state index contributed by atoms with van der Waals surface area (Å²) < 4.78 is 7.17. The molecule has 0 bridgehead atoms. The molecule has 6 heteroatoms. The third kappa shape index (κ3) is 4.60. The fourth-order valence-electron chi connectivity index (χ4n) is 3.25. The minimum absolute atomic E-state index is 0.0450. The Hall–Kier alpha value is -3.67. The van der Waals surface area contributed by atoms with Gasteiger partial charge in [-0.15, -0.1) is 0 Å². The minimum Gasteiger partial charge on any atom is -0.444 e. The minimum atomic E-state index is -0.473. The highest BCUT2D eigenvalue weighted by atomic mass is 16.6. The zero-order valence-electron chi connectivity index (χ0n) is 15.8. The number of rotatable bonds is 5. The number of ether oxygens (including phenoxy) is 1. The van der Waals surface area contributed by atoms with Gasteiger partial charge in [0.05, 0.1) is 18.7 Å². The van der Waals surface area contributed by atoms with Crippen molar-refractivity contribution in [1.82, 2.24) is 14.7 Å². The lowest BCUT2D eigenvalue weighted by Gasteiger charge is -2.26. The monoisotopic (exact) mass is 387 g/mol. The molecule has 0 radical (unpaired) electrons. The van der Waals surface area contributed by atoms with Gasteiger partial charge < -0.3 is 4.74 Å². The predicted molar refractivity (Wildman–Crippen MR) is 108 cm³/mol. The summed E-state index contributed by atoms with van der Waals surface area (Å²) in [6.45, 7) is 1.05. The number of carbonyl (C=O) groups excluding carboxylic acids is 2. The van der Waals surface area contributed by atoms with Crippen LogP contribution in [0.1, 0.15) is 22.6 Å². The first-order valence-electron chi connectivity index (χ1n) is 9.45. The predicted octanol–water partition coefficient (Wildman–Crippen LogP) is 3.75. The zero-order valence-corrected chi connectivity index (χ0v) is 15.8. The standard InChI is InChI=1S/C23H21N3O3/c27-22-11-12-25(23(28)29-17-19-9-5-2-6-10-19)16-21(22)20-13-24-26(15-20)14-18-7-3-1-4-8-18/h1-13,15,21H,14,16-17H2. The second kappa shape index (κ2) is 8.56. The van der Waals surface area contributed by atoms with Crippen LogP contribution < -0.4 is 0 Å². The van der Waals surface area contributed by atoms with E-state index in [0.29, 0.717) is 6.54 Å². The van der Waals surface area contributed by atoms with E-state index in [1.165, 1.54) is 17.2 Å². The molecule has 0 saturated carbocycles. The molecule has 6 nitrogen and oxygen atoms in total. The number of allylic oxidation sites excluding steroid dienone is 1. The first-order valence-corrected chi connectivity index (χ1v) is 9.45. The van der Waals surface area contributed by atoms with Gasteiger partial charge in [-0.25, -0.2) is 4.79 Å². The van der Waals surface area contributed by atoms with Crippen LogP contribution in [0.3, 0.4) is 0 Å². The lowest BCUT2D eigenvalue weighted by Crippen LogP contribution is -2.36. The third-order valence-electron chi connectivity index (χ3n) is 4.82. The fraction of sp³-hybridized carbons (Fsp3) is 0.174. The van der Waals surface area contributed by atoms with Crippen LogP contribution in [0, 0.1) is 0 Å². The number of carbonyl (C=O) groups is 2. The van der Waals surface area contributed by atoms with Crippen LogP contribution in [0.25, 0.3) is 0 Å². The van der Waals surface area contributed by atoms with Gasteiger partial charge in [-0.2, -0.15) is 5.10 Å². The summed E-state index contributed by atoms with van der Waals surface area (Å²) in [6.07, 6.45) is 5.99. The van der Waals surface area contributed by atoms with Crippen LogP contribution in [-0.2, 0) is 22.7 Å². The van der Waals surface area contributed by atoms with E-state index < -0.39 is 12.0 Å². The molecule has 0 fully saturated rings. The maximum absolute atomic E-state index is 12.4. The summed E-state index contributed by atoms with van der Waals surface area (Å²) in [4.78, 5) is 26.3. The van der Waals surface area contributed by atoms with Gasteiger partial charge in [0.2, 0.25) is 0 Å². The van der Waals surface area contributed by atoms with Crippen molar-refractivity contribution in [3.05, 3.63) is 102 Å². The highest BCUT2D eigenvalue weighted by Gasteiger charge is 2.29. The van der Waals surface area contributed by atoms with E-state index in [9.17, 15) is 9.59 Å².